The first kappa shape index (κ1) is 22.5. The van der Waals surface area contributed by atoms with Crippen LogP contribution < -0.4 is 15.6 Å². The van der Waals surface area contributed by atoms with Gasteiger partial charge in [0.15, 0.2) is 5.16 Å². The highest BCUT2D eigenvalue weighted by Gasteiger charge is 2.17. The van der Waals surface area contributed by atoms with E-state index >= 15 is 0 Å². The molecule has 4 rings (SSSR count). The van der Waals surface area contributed by atoms with Crippen LogP contribution in [0.5, 0.6) is 5.75 Å². The number of hydrogen-bond acceptors (Lipinski definition) is 6. The second-order valence-electron chi connectivity index (χ2n) is 7.48. The highest BCUT2D eigenvalue weighted by molar-refractivity contribution is 7.99. The van der Waals surface area contributed by atoms with E-state index < -0.39 is 0 Å². The number of benzene rings is 2. The van der Waals surface area contributed by atoms with E-state index in [-0.39, 0.29) is 23.3 Å². The van der Waals surface area contributed by atoms with Crippen LogP contribution in [0.1, 0.15) is 24.1 Å². The van der Waals surface area contributed by atoms with Crippen molar-refractivity contribution < 1.29 is 9.53 Å². The number of aromatic nitrogens is 3. The van der Waals surface area contributed by atoms with E-state index in [9.17, 15) is 9.59 Å². The molecule has 2 heterocycles. The van der Waals surface area contributed by atoms with Gasteiger partial charge in [0.1, 0.15) is 5.75 Å². The molecule has 0 aliphatic rings. The summed E-state index contributed by atoms with van der Waals surface area (Å²) >= 11 is 1.24. The van der Waals surface area contributed by atoms with E-state index in [4.69, 9.17) is 4.74 Å². The smallest absolute Gasteiger partial charge is 0.262 e. The van der Waals surface area contributed by atoms with Gasteiger partial charge < -0.3 is 10.1 Å². The Bertz CT molecular complexity index is 1320. The Hall–Kier alpha value is -3.65. The molecule has 7 nitrogen and oxygen atoms in total. The molecule has 0 fully saturated rings. The van der Waals surface area contributed by atoms with Gasteiger partial charge in [-0.15, -0.1) is 0 Å². The zero-order valence-electron chi connectivity index (χ0n) is 18.4. The van der Waals surface area contributed by atoms with Crippen molar-refractivity contribution in [3.63, 3.8) is 0 Å². The quantitative estimate of drug-likeness (QED) is 0.318. The number of thioether (sulfide) groups is 1. The van der Waals surface area contributed by atoms with E-state index in [1.54, 1.807) is 36.2 Å². The molecule has 1 unspecified atom stereocenters. The number of hydrogen-bond donors (Lipinski definition) is 1. The second-order valence-corrected chi connectivity index (χ2v) is 8.43. The molecule has 168 valence electrons. The standard InChI is InChI=1S/C25H24N4O3S/c1-17(19-9-4-6-12-22(19)32-2)27-23(30)16-33-25-28-21-11-5-3-10-20(21)24(31)29(25)15-18-8-7-13-26-14-18/h3-14,17H,15-16H2,1-2H3,(H,27,30). The summed E-state index contributed by atoms with van der Waals surface area (Å²) in [5, 5.41) is 4.03. The van der Waals surface area contributed by atoms with Crippen molar-refractivity contribution in [2.24, 2.45) is 0 Å². The van der Waals surface area contributed by atoms with Crippen LogP contribution in [0, 0.1) is 0 Å². The minimum absolute atomic E-state index is 0.122. The summed E-state index contributed by atoms with van der Waals surface area (Å²) in [7, 11) is 1.61. The molecular weight excluding hydrogens is 436 g/mol. The number of pyridine rings is 1. The number of methoxy groups -OCH3 is 1. The van der Waals surface area contributed by atoms with Crippen molar-refractivity contribution in [1.29, 1.82) is 0 Å². The van der Waals surface area contributed by atoms with Gasteiger partial charge in [-0.3, -0.25) is 19.1 Å². The van der Waals surface area contributed by atoms with Gasteiger partial charge in [-0.25, -0.2) is 4.98 Å². The number of para-hydroxylation sites is 2. The first-order valence-electron chi connectivity index (χ1n) is 10.5. The summed E-state index contributed by atoms with van der Waals surface area (Å²) in [6.45, 7) is 2.24. The van der Waals surface area contributed by atoms with Gasteiger partial charge in [-0.1, -0.05) is 48.2 Å². The minimum Gasteiger partial charge on any atom is -0.496 e. The summed E-state index contributed by atoms with van der Waals surface area (Å²) in [4.78, 5) is 34.7. The second kappa shape index (κ2) is 10.3. The zero-order chi connectivity index (χ0) is 23.2. The predicted octanol–water partition coefficient (Wildman–Crippen LogP) is 3.82. The van der Waals surface area contributed by atoms with Gasteiger partial charge in [0.05, 0.1) is 36.4 Å². The third kappa shape index (κ3) is 5.23. The maximum Gasteiger partial charge on any atom is 0.262 e. The molecule has 0 saturated heterocycles. The highest BCUT2D eigenvalue weighted by atomic mass is 32.2. The minimum atomic E-state index is -0.226. The molecule has 0 aliphatic carbocycles. The van der Waals surface area contributed by atoms with Crippen molar-refractivity contribution in [3.8, 4) is 5.75 Å². The summed E-state index contributed by atoms with van der Waals surface area (Å²) in [6.07, 6.45) is 3.41. The molecule has 1 amide bonds. The molecule has 0 radical (unpaired) electrons. The molecule has 1 N–H and O–H groups in total. The van der Waals surface area contributed by atoms with Gasteiger partial charge in [-0.05, 0) is 36.8 Å². The maximum absolute atomic E-state index is 13.2. The molecule has 0 spiro atoms. The lowest BCUT2D eigenvalue weighted by Crippen LogP contribution is -2.29. The van der Waals surface area contributed by atoms with Crippen LogP contribution in [0.3, 0.4) is 0 Å². The Morgan fingerprint density at radius 1 is 1.12 bits per heavy atom. The van der Waals surface area contributed by atoms with Crippen molar-refractivity contribution in [3.05, 3.63) is 94.5 Å². The van der Waals surface area contributed by atoms with Crippen LogP contribution >= 0.6 is 11.8 Å². The van der Waals surface area contributed by atoms with Crippen LogP contribution in [0.2, 0.25) is 0 Å². The number of rotatable bonds is 8. The fourth-order valence-electron chi connectivity index (χ4n) is 3.59. The summed E-state index contributed by atoms with van der Waals surface area (Å²) in [5.74, 6) is 0.685. The molecule has 0 saturated carbocycles. The molecule has 33 heavy (non-hydrogen) atoms. The van der Waals surface area contributed by atoms with Crippen molar-refractivity contribution in [2.75, 3.05) is 12.9 Å². The van der Waals surface area contributed by atoms with Crippen LogP contribution in [0.25, 0.3) is 10.9 Å². The third-order valence-corrected chi connectivity index (χ3v) is 6.18. The van der Waals surface area contributed by atoms with Crippen molar-refractivity contribution in [2.45, 2.75) is 24.7 Å². The molecule has 4 aromatic rings. The van der Waals surface area contributed by atoms with Gasteiger partial charge in [-0.2, -0.15) is 0 Å². The lowest BCUT2D eigenvalue weighted by molar-refractivity contribution is -0.119. The molecule has 8 heteroatoms. The number of nitrogens with one attached hydrogen (secondary N) is 1. The fourth-order valence-corrected chi connectivity index (χ4v) is 4.40. The highest BCUT2D eigenvalue weighted by Crippen LogP contribution is 2.25. The average molecular weight is 461 g/mol. The SMILES string of the molecule is COc1ccccc1C(C)NC(=O)CSc1nc2ccccc2c(=O)n1Cc1cccnc1. The first-order chi connectivity index (χ1) is 16.1. The van der Waals surface area contributed by atoms with Crippen LogP contribution in [0.15, 0.2) is 83.0 Å². The van der Waals surface area contributed by atoms with Crippen LogP contribution in [-0.2, 0) is 11.3 Å². The maximum atomic E-state index is 13.2. The Morgan fingerprint density at radius 2 is 1.91 bits per heavy atom. The summed E-state index contributed by atoms with van der Waals surface area (Å²) in [5.41, 5.74) is 2.24. The first-order valence-corrected chi connectivity index (χ1v) is 11.5. The Kier molecular flexibility index (Phi) is 7.04. The van der Waals surface area contributed by atoms with E-state index in [2.05, 4.69) is 15.3 Å². The van der Waals surface area contributed by atoms with Gasteiger partial charge in [0, 0.05) is 18.0 Å². The predicted molar refractivity (Wildman–Crippen MR) is 130 cm³/mol. The Balaban J connectivity index is 1.55. The normalized spacial score (nSPS) is 11.8. The molecule has 0 aliphatic heterocycles. The van der Waals surface area contributed by atoms with E-state index in [0.29, 0.717) is 22.6 Å². The molecule has 2 aromatic heterocycles. The number of ether oxygens (including phenoxy) is 1. The van der Waals surface area contributed by atoms with E-state index in [1.165, 1.54) is 11.8 Å². The number of fused-ring (bicyclic) bond motifs is 1. The Morgan fingerprint density at radius 3 is 2.70 bits per heavy atom. The van der Waals surface area contributed by atoms with Gasteiger partial charge in [0.25, 0.3) is 5.56 Å². The number of amides is 1. The lowest BCUT2D eigenvalue weighted by atomic mass is 10.1. The molecule has 2 aromatic carbocycles. The van der Waals surface area contributed by atoms with Crippen molar-refractivity contribution >= 4 is 28.6 Å². The fraction of sp³-hybridized carbons (Fsp3) is 0.200. The molecular formula is C25H24N4O3S. The number of carbonyl (C=O) groups is 1. The zero-order valence-corrected chi connectivity index (χ0v) is 19.2. The largest absolute Gasteiger partial charge is 0.496 e. The van der Waals surface area contributed by atoms with Crippen LogP contribution in [0.4, 0.5) is 0 Å². The number of nitrogens with zero attached hydrogens (tertiary/aromatic N) is 3. The van der Waals surface area contributed by atoms with Gasteiger partial charge >= 0.3 is 0 Å². The lowest BCUT2D eigenvalue weighted by Gasteiger charge is -2.17. The summed E-state index contributed by atoms with van der Waals surface area (Å²) in [6, 6.07) is 18.3. The molecule has 0 bridgehead atoms. The van der Waals surface area contributed by atoms with E-state index in [1.807, 2.05) is 55.5 Å². The monoisotopic (exact) mass is 460 g/mol. The number of carbonyl (C=O) groups excluding carboxylic acids is 1. The van der Waals surface area contributed by atoms with Crippen LogP contribution in [-0.4, -0.2) is 33.3 Å². The van der Waals surface area contributed by atoms with Crippen molar-refractivity contribution in [1.82, 2.24) is 19.9 Å². The average Bonchev–Trinajstić information content (AvgIpc) is 2.85. The van der Waals surface area contributed by atoms with Gasteiger partial charge in [0.2, 0.25) is 5.91 Å². The molecule has 1 atom stereocenters. The topological polar surface area (TPSA) is 86.1 Å². The summed E-state index contributed by atoms with van der Waals surface area (Å²) < 4.78 is 6.99. The third-order valence-electron chi connectivity index (χ3n) is 5.21. The van der Waals surface area contributed by atoms with E-state index in [0.717, 1.165) is 16.9 Å². The Labute approximate surface area is 195 Å².